The van der Waals surface area contributed by atoms with E-state index < -0.39 is 0 Å². The molecular weight excluding hydrogens is 310 g/mol. The fraction of sp³-hybridized carbons (Fsp3) is 0.714. The highest BCUT2D eigenvalue weighted by atomic mass is 79.9. The summed E-state index contributed by atoms with van der Waals surface area (Å²) in [5, 5.41) is 0. The van der Waals surface area contributed by atoms with Crippen molar-refractivity contribution < 1.29 is 13.9 Å². The van der Waals surface area contributed by atoms with E-state index in [4.69, 9.17) is 13.9 Å². The molecule has 2 fully saturated rings. The lowest BCUT2D eigenvalue weighted by Gasteiger charge is -2.45. The fourth-order valence-corrected chi connectivity index (χ4v) is 3.53. The first kappa shape index (κ1) is 13.6. The third-order valence-electron chi connectivity index (χ3n) is 4.21. The summed E-state index contributed by atoms with van der Waals surface area (Å²) in [5.41, 5.74) is 0. The Morgan fingerprint density at radius 2 is 2.32 bits per heavy atom. The quantitative estimate of drug-likeness (QED) is 0.854. The maximum absolute atomic E-state index is 5.91. The minimum atomic E-state index is 0.360. The standard InChI is InChI=1S/C14H20BrNO3/c1-17-10-2-4-13-12(8-10)16(6-7-18-13)9-11-3-5-14(15)19-11/h3,5,10,12-13H,2,4,6-9H2,1H3/t10-,12+,13+/m1/s1. The van der Waals surface area contributed by atoms with Crippen LogP contribution in [-0.4, -0.2) is 43.4 Å². The van der Waals surface area contributed by atoms with Gasteiger partial charge in [-0.05, 0) is 47.3 Å². The molecule has 1 aliphatic carbocycles. The second kappa shape index (κ2) is 5.95. The topological polar surface area (TPSA) is 34.8 Å². The van der Waals surface area contributed by atoms with Crippen molar-refractivity contribution in [2.45, 2.75) is 44.1 Å². The zero-order valence-corrected chi connectivity index (χ0v) is 12.8. The van der Waals surface area contributed by atoms with E-state index in [0.29, 0.717) is 18.2 Å². The van der Waals surface area contributed by atoms with Crippen molar-refractivity contribution in [1.29, 1.82) is 0 Å². The van der Waals surface area contributed by atoms with Gasteiger partial charge in [-0.25, -0.2) is 0 Å². The Morgan fingerprint density at radius 1 is 1.42 bits per heavy atom. The Hall–Kier alpha value is -0.360. The summed E-state index contributed by atoms with van der Waals surface area (Å²) in [6.07, 6.45) is 4.00. The zero-order chi connectivity index (χ0) is 13.2. The lowest BCUT2D eigenvalue weighted by atomic mass is 9.88. The van der Waals surface area contributed by atoms with Gasteiger partial charge in [0.05, 0.1) is 25.4 Å². The van der Waals surface area contributed by atoms with Crippen LogP contribution in [0.15, 0.2) is 21.2 Å². The van der Waals surface area contributed by atoms with Crippen molar-refractivity contribution in [1.82, 2.24) is 4.90 Å². The first-order chi connectivity index (χ1) is 9.26. The number of furan rings is 1. The van der Waals surface area contributed by atoms with Crippen LogP contribution in [0.5, 0.6) is 0 Å². The molecule has 106 valence electrons. The summed E-state index contributed by atoms with van der Waals surface area (Å²) >= 11 is 3.36. The van der Waals surface area contributed by atoms with Crippen LogP contribution in [0.25, 0.3) is 0 Å². The molecule has 0 bridgehead atoms. The van der Waals surface area contributed by atoms with Crippen LogP contribution in [0.1, 0.15) is 25.0 Å². The van der Waals surface area contributed by atoms with Crippen molar-refractivity contribution in [3.63, 3.8) is 0 Å². The smallest absolute Gasteiger partial charge is 0.169 e. The number of methoxy groups -OCH3 is 1. The van der Waals surface area contributed by atoms with E-state index in [1.165, 1.54) is 0 Å². The molecule has 1 aromatic heterocycles. The van der Waals surface area contributed by atoms with Crippen molar-refractivity contribution in [2.24, 2.45) is 0 Å². The van der Waals surface area contributed by atoms with Gasteiger partial charge in [0, 0.05) is 19.7 Å². The molecule has 4 nitrogen and oxygen atoms in total. The highest BCUT2D eigenvalue weighted by Crippen LogP contribution is 2.31. The van der Waals surface area contributed by atoms with E-state index in [1.807, 2.05) is 19.2 Å². The number of fused-ring (bicyclic) bond motifs is 1. The Kier molecular flexibility index (Phi) is 4.27. The van der Waals surface area contributed by atoms with Gasteiger partial charge in [-0.15, -0.1) is 0 Å². The van der Waals surface area contributed by atoms with Gasteiger partial charge in [0.1, 0.15) is 5.76 Å². The van der Waals surface area contributed by atoms with Crippen molar-refractivity contribution in [2.75, 3.05) is 20.3 Å². The molecule has 2 heterocycles. The van der Waals surface area contributed by atoms with Gasteiger partial charge in [0.15, 0.2) is 4.67 Å². The molecular formula is C14H20BrNO3. The minimum Gasteiger partial charge on any atom is -0.453 e. The van der Waals surface area contributed by atoms with Crippen LogP contribution in [-0.2, 0) is 16.0 Å². The van der Waals surface area contributed by atoms with Gasteiger partial charge in [-0.2, -0.15) is 0 Å². The molecule has 0 radical (unpaired) electrons. The Morgan fingerprint density at radius 3 is 3.05 bits per heavy atom. The summed E-state index contributed by atoms with van der Waals surface area (Å²) in [6, 6.07) is 4.44. The van der Waals surface area contributed by atoms with E-state index in [1.54, 1.807) is 0 Å². The number of halogens is 1. The Labute approximate surface area is 122 Å². The highest BCUT2D eigenvalue weighted by molar-refractivity contribution is 9.10. The van der Waals surface area contributed by atoms with E-state index in [9.17, 15) is 0 Å². The molecule has 5 heteroatoms. The average Bonchev–Trinajstić information content (AvgIpc) is 2.84. The first-order valence-corrected chi connectivity index (χ1v) is 7.68. The number of rotatable bonds is 3. The molecule has 1 saturated carbocycles. The molecule has 0 spiro atoms. The van der Waals surface area contributed by atoms with Gasteiger partial charge in [-0.1, -0.05) is 0 Å². The second-order valence-electron chi connectivity index (χ2n) is 5.32. The SMILES string of the molecule is CO[C@@H]1CC[C@@H]2OCCN(Cc3ccc(Br)o3)[C@H]2C1. The largest absolute Gasteiger partial charge is 0.453 e. The first-order valence-electron chi connectivity index (χ1n) is 6.89. The maximum atomic E-state index is 5.91. The molecule has 1 saturated heterocycles. The summed E-state index contributed by atoms with van der Waals surface area (Å²) in [6.45, 7) is 2.64. The Balaban J connectivity index is 1.69. The molecule has 3 rings (SSSR count). The number of nitrogens with zero attached hydrogens (tertiary/aromatic N) is 1. The van der Waals surface area contributed by atoms with Gasteiger partial charge in [0.25, 0.3) is 0 Å². The molecule has 0 N–H and O–H groups in total. The number of ether oxygens (including phenoxy) is 2. The second-order valence-corrected chi connectivity index (χ2v) is 6.11. The number of hydrogen-bond acceptors (Lipinski definition) is 4. The van der Waals surface area contributed by atoms with Crippen LogP contribution >= 0.6 is 15.9 Å². The monoisotopic (exact) mass is 329 g/mol. The third kappa shape index (κ3) is 3.05. The molecule has 0 unspecified atom stereocenters. The molecule has 0 amide bonds. The van der Waals surface area contributed by atoms with Crippen LogP contribution in [0.4, 0.5) is 0 Å². The summed E-state index contributed by atoms with van der Waals surface area (Å²) in [5.74, 6) is 1.01. The molecule has 19 heavy (non-hydrogen) atoms. The normalized spacial score (nSPS) is 32.2. The maximum Gasteiger partial charge on any atom is 0.169 e. The number of hydrogen-bond donors (Lipinski definition) is 0. The van der Waals surface area contributed by atoms with E-state index >= 15 is 0 Å². The third-order valence-corrected chi connectivity index (χ3v) is 4.63. The lowest BCUT2D eigenvalue weighted by Crippen LogP contribution is -2.54. The van der Waals surface area contributed by atoms with E-state index in [2.05, 4.69) is 20.8 Å². The molecule has 2 aliphatic rings. The molecule has 0 aromatic carbocycles. The molecule has 3 atom stereocenters. The molecule has 1 aromatic rings. The van der Waals surface area contributed by atoms with E-state index in [0.717, 1.165) is 49.4 Å². The summed E-state index contributed by atoms with van der Waals surface area (Å²) in [4.78, 5) is 2.48. The molecule has 1 aliphatic heterocycles. The van der Waals surface area contributed by atoms with Gasteiger partial charge < -0.3 is 13.9 Å². The van der Waals surface area contributed by atoms with Crippen LogP contribution in [0, 0.1) is 0 Å². The van der Waals surface area contributed by atoms with Crippen LogP contribution in [0.3, 0.4) is 0 Å². The average molecular weight is 330 g/mol. The van der Waals surface area contributed by atoms with Crippen LogP contribution < -0.4 is 0 Å². The summed E-state index contributed by atoms with van der Waals surface area (Å²) in [7, 11) is 1.81. The zero-order valence-electron chi connectivity index (χ0n) is 11.2. The van der Waals surface area contributed by atoms with Crippen molar-refractivity contribution in [3.05, 3.63) is 22.6 Å². The number of morpholine rings is 1. The van der Waals surface area contributed by atoms with Crippen molar-refractivity contribution >= 4 is 15.9 Å². The Bertz CT molecular complexity index is 423. The van der Waals surface area contributed by atoms with E-state index in [-0.39, 0.29) is 0 Å². The summed E-state index contributed by atoms with van der Waals surface area (Å²) < 4.78 is 17.9. The minimum absolute atomic E-state index is 0.360. The van der Waals surface area contributed by atoms with Gasteiger partial charge >= 0.3 is 0 Å². The predicted octanol–water partition coefficient (Wildman–Crippen LogP) is 2.81. The van der Waals surface area contributed by atoms with Crippen molar-refractivity contribution in [3.8, 4) is 0 Å². The lowest BCUT2D eigenvalue weighted by molar-refractivity contribution is -0.117. The fourth-order valence-electron chi connectivity index (χ4n) is 3.19. The van der Waals surface area contributed by atoms with Gasteiger partial charge in [0.2, 0.25) is 0 Å². The highest BCUT2D eigenvalue weighted by Gasteiger charge is 2.38. The predicted molar refractivity (Wildman–Crippen MR) is 75.0 cm³/mol. The van der Waals surface area contributed by atoms with Gasteiger partial charge in [-0.3, -0.25) is 4.90 Å². The van der Waals surface area contributed by atoms with Crippen LogP contribution in [0.2, 0.25) is 0 Å².